The number of carboxylic acids is 1. The van der Waals surface area contributed by atoms with Gasteiger partial charge in [-0.15, -0.1) is 26.3 Å². The molecule has 216 valence electrons. The van der Waals surface area contributed by atoms with E-state index in [9.17, 15) is 31.1 Å². The van der Waals surface area contributed by atoms with E-state index >= 15 is 0 Å². The molecular formula is C27H27F6N4O3-. The highest BCUT2D eigenvalue weighted by molar-refractivity contribution is 5.84. The summed E-state index contributed by atoms with van der Waals surface area (Å²) in [6.45, 7) is 3.40. The van der Waals surface area contributed by atoms with Crippen LogP contribution in [-0.4, -0.2) is 51.5 Å². The highest BCUT2D eigenvalue weighted by Gasteiger charge is 2.53. The zero-order chi connectivity index (χ0) is 29.1. The second kappa shape index (κ2) is 11.9. The summed E-state index contributed by atoms with van der Waals surface area (Å²) in [7, 11) is 1.72. The molecule has 1 saturated heterocycles. The number of aryl methyl sites for hydroxylation is 1. The van der Waals surface area contributed by atoms with Crippen molar-refractivity contribution in [1.29, 1.82) is 0 Å². The Kier molecular flexibility index (Phi) is 8.74. The number of likely N-dealkylation sites (tertiary alicyclic amines) is 1. The van der Waals surface area contributed by atoms with Gasteiger partial charge in [0.05, 0.1) is 11.9 Å². The number of hydrogen-bond donors (Lipinski definition) is 1. The maximum absolute atomic E-state index is 12.6. The molecule has 1 saturated carbocycles. The van der Waals surface area contributed by atoms with Gasteiger partial charge in [-0.3, -0.25) is 4.90 Å². The van der Waals surface area contributed by atoms with E-state index in [0.29, 0.717) is 43.0 Å². The van der Waals surface area contributed by atoms with Gasteiger partial charge in [0, 0.05) is 32.9 Å². The van der Waals surface area contributed by atoms with E-state index in [1.54, 1.807) is 17.7 Å². The molecule has 13 heteroatoms. The van der Waals surface area contributed by atoms with Crippen molar-refractivity contribution in [2.24, 2.45) is 24.8 Å². The first-order valence-electron chi connectivity index (χ1n) is 12.4. The van der Waals surface area contributed by atoms with Crippen molar-refractivity contribution >= 4 is 5.97 Å². The number of benzene rings is 2. The Hall–Kier alpha value is -3.58. The quantitative estimate of drug-likeness (QED) is 0.338. The third-order valence-corrected chi connectivity index (χ3v) is 6.82. The van der Waals surface area contributed by atoms with Crippen LogP contribution in [0.5, 0.6) is 5.75 Å². The molecule has 1 aliphatic heterocycles. The molecule has 2 aliphatic rings. The summed E-state index contributed by atoms with van der Waals surface area (Å²) in [4.78, 5) is 16.0. The van der Waals surface area contributed by atoms with Gasteiger partial charge in [0.2, 0.25) is 0 Å². The number of fused-ring (bicyclic) bond motifs is 1. The summed E-state index contributed by atoms with van der Waals surface area (Å²) < 4.78 is 80.4. The lowest BCUT2D eigenvalue weighted by molar-refractivity contribution is -0.274. The highest BCUT2D eigenvalue weighted by atomic mass is 19.4. The van der Waals surface area contributed by atoms with Crippen molar-refractivity contribution in [1.82, 2.24) is 14.5 Å². The fraction of sp³-hybridized carbons (Fsp3) is 0.407. The van der Waals surface area contributed by atoms with E-state index < -0.39 is 24.1 Å². The van der Waals surface area contributed by atoms with Gasteiger partial charge in [-0.25, -0.2) is 9.78 Å². The van der Waals surface area contributed by atoms with Gasteiger partial charge in [0.15, 0.2) is 5.69 Å². The van der Waals surface area contributed by atoms with Crippen LogP contribution in [0.1, 0.15) is 27.2 Å². The molecule has 2 fully saturated rings. The topological polar surface area (TPSA) is 81.7 Å². The van der Waals surface area contributed by atoms with Gasteiger partial charge in [0.25, 0.3) is 0 Å². The van der Waals surface area contributed by atoms with Gasteiger partial charge in [-0.1, -0.05) is 35.7 Å². The minimum atomic E-state index is -4.71. The van der Waals surface area contributed by atoms with Gasteiger partial charge >= 0.3 is 18.5 Å². The van der Waals surface area contributed by atoms with Crippen molar-refractivity contribution in [2.75, 3.05) is 19.6 Å². The van der Waals surface area contributed by atoms with Crippen molar-refractivity contribution in [2.45, 2.75) is 25.6 Å². The monoisotopic (exact) mass is 569 g/mol. The van der Waals surface area contributed by atoms with Crippen LogP contribution in [0.2, 0.25) is 0 Å². The zero-order valence-corrected chi connectivity index (χ0v) is 21.4. The van der Waals surface area contributed by atoms with Crippen LogP contribution in [0.15, 0.2) is 61.1 Å². The third kappa shape index (κ3) is 8.21. The second-order valence-corrected chi connectivity index (χ2v) is 9.87. The Bertz CT molecular complexity index is 1280. The predicted molar refractivity (Wildman–Crippen MR) is 132 cm³/mol. The summed E-state index contributed by atoms with van der Waals surface area (Å²) in [5.41, 5.74) is 0.961. The van der Waals surface area contributed by atoms with Gasteiger partial charge in [-0.2, -0.15) is 13.2 Å². The number of carbonyl (C=O) groups is 1. The van der Waals surface area contributed by atoms with Crippen LogP contribution in [0, 0.1) is 17.8 Å². The molecule has 0 radical (unpaired) electrons. The molecule has 0 amide bonds. The number of halogens is 6. The largest absolute Gasteiger partial charge is 0.658 e. The normalized spacial score (nSPS) is 20.4. The summed E-state index contributed by atoms with van der Waals surface area (Å²) in [5, 5.41) is 12.8. The molecular weight excluding hydrogens is 542 g/mol. The summed E-state index contributed by atoms with van der Waals surface area (Å²) >= 11 is 0. The molecule has 2 heterocycles. The van der Waals surface area contributed by atoms with Crippen molar-refractivity contribution < 1.29 is 41.0 Å². The number of imidazole rings is 1. The Labute approximate surface area is 226 Å². The average Bonchev–Trinajstić information content (AvgIpc) is 3.17. The standard InChI is InChI=1S/C22H21F6N2O.C5H6N2O2/c23-21(24,25)16-6-4-14(5-7-16)11-30-12-19-18(20(19)13-30)10-29-9-15-2-1-3-17(8-15)31-22(26,27)28;1-7-2-4(5(8)9)6-3-7/h1-8,18-20H,9-13H2;2-3H,1H3,(H,8,9)/q-1;. The first-order valence-corrected chi connectivity index (χ1v) is 12.4. The number of piperidine rings is 1. The Morgan fingerprint density at radius 3 is 2.25 bits per heavy atom. The molecule has 0 spiro atoms. The molecule has 3 aromatic rings. The minimum absolute atomic E-state index is 0.0810. The highest BCUT2D eigenvalue weighted by Crippen LogP contribution is 2.52. The molecule has 1 N–H and O–H groups in total. The lowest BCUT2D eigenvalue weighted by Crippen LogP contribution is -2.24. The van der Waals surface area contributed by atoms with Crippen molar-refractivity contribution in [3.63, 3.8) is 0 Å². The number of rotatable bonds is 8. The van der Waals surface area contributed by atoms with E-state index in [2.05, 4.69) is 19.9 Å². The molecule has 2 atom stereocenters. The van der Waals surface area contributed by atoms with E-state index in [1.165, 1.54) is 42.9 Å². The minimum Gasteiger partial charge on any atom is -0.658 e. The van der Waals surface area contributed by atoms with E-state index in [0.717, 1.165) is 30.8 Å². The predicted octanol–water partition coefficient (Wildman–Crippen LogP) is 5.97. The lowest BCUT2D eigenvalue weighted by Gasteiger charge is -2.24. The molecule has 1 aliphatic carbocycles. The number of ether oxygens (including phenoxy) is 1. The Morgan fingerprint density at radius 2 is 1.73 bits per heavy atom. The third-order valence-electron chi connectivity index (χ3n) is 6.82. The van der Waals surface area contributed by atoms with E-state index in [4.69, 9.17) is 5.11 Å². The second-order valence-electron chi connectivity index (χ2n) is 9.87. The van der Waals surface area contributed by atoms with E-state index in [1.807, 2.05) is 0 Å². The maximum Gasteiger partial charge on any atom is 0.573 e. The fourth-order valence-electron chi connectivity index (χ4n) is 4.90. The molecule has 2 unspecified atom stereocenters. The zero-order valence-electron chi connectivity index (χ0n) is 21.4. The molecule has 40 heavy (non-hydrogen) atoms. The number of carboxylic acid groups (broad SMARTS) is 1. The van der Waals surface area contributed by atoms with Crippen molar-refractivity contribution in [3.8, 4) is 5.75 Å². The van der Waals surface area contributed by atoms with Crippen LogP contribution >= 0.6 is 0 Å². The SMILES string of the molecule is Cn1cnc(C(=O)O)c1.FC(F)(F)Oc1cccc(C[N-]CC2C3CN(Cc4ccc(C(F)(F)F)cc4)CC23)c1. The van der Waals surface area contributed by atoms with Crippen LogP contribution in [0.4, 0.5) is 26.3 Å². The fourth-order valence-corrected chi connectivity index (χ4v) is 4.90. The first-order chi connectivity index (χ1) is 18.8. The van der Waals surface area contributed by atoms with Crippen LogP contribution in [-0.2, 0) is 26.3 Å². The first kappa shape index (κ1) is 29.4. The number of aromatic nitrogens is 2. The van der Waals surface area contributed by atoms with E-state index in [-0.39, 0.29) is 11.4 Å². The summed E-state index contributed by atoms with van der Waals surface area (Å²) in [5.74, 6) is 0.285. The van der Waals surface area contributed by atoms with Crippen LogP contribution in [0.3, 0.4) is 0 Å². The average molecular weight is 570 g/mol. The lowest BCUT2D eigenvalue weighted by atomic mass is 10.1. The molecule has 1 aromatic heterocycles. The molecule has 2 aromatic carbocycles. The molecule has 0 bridgehead atoms. The summed E-state index contributed by atoms with van der Waals surface area (Å²) in [6.07, 6.45) is -6.14. The summed E-state index contributed by atoms with van der Waals surface area (Å²) in [6, 6.07) is 11.1. The molecule has 5 rings (SSSR count). The number of alkyl halides is 6. The van der Waals surface area contributed by atoms with Crippen LogP contribution < -0.4 is 4.74 Å². The van der Waals surface area contributed by atoms with Crippen molar-refractivity contribution in [3.05, 3.63) is 88.8 Å². The smallest absolute Gasteiger partial charge is 0.573 e. The Morgan fingerprint density at radius 1 is 1.05 bits per heavy atom. The number of nitrogens with zero attached hydrogens (tertiary/aromatic N) is 4. The number of aromatic carboxylic acids is 1. The maximum atomic E-state index is 12.6. The van der Waals surface area contributed by atoms with Crippen LogP contribution in [0.25, 0.3) is 5.32 Å². The van der Waals surface area contributed by atoms with Gasteiger partial charge in [0.1, 0.15) is 5.75 Å². The van der Waals surface area contributed by atoms with Gasteiger partial charge in [-0.05, 0) is 41.7 Å². The van der Waals surface area contributed by atoms with Gasteiger partial charge < -0.3 is 19.7 Å². The Balaban J connectivity index is 0.000000350. The number of hydrogen-bond acceptors (Lipinski definition) is 4. The molecule has 7 nitrogen and oxygen atoms in total.